The summed E-state index contributed by atoms with van der Waals surface area (Å²) in [7, 11) is -7.11. The van der Waals surface area contributed by atoms with Gasteiger partial charge in [0.05, 0.1) is 9.79 Å². The van der Waals surface area contributed by atoms with E-state index in [9.17, 15) is 16.8 Å². The molecule has 2 rings (SSSR count). The van der Waals surface area contributed by atoms with Crippen LogP contribution in [0, 0.1) is 0 Å². The number of nitrogens with one attached hydrogen (secondary N) is 2. The van der Waals surface area contributed by atoms with Gasteiger partial charge in [0, 0.05) is 22.0 Å². The van der Waals surface area contributed by atoms with E-state index in [4.69, 9.17) is 0 Å². The Kier molecular flexibility index (Phi) is 7.80. The number of unbranched alkanes of at least 4 members (excludes halogenated alkanes) is 1. The minimum absolute atomic E-state index is 0.191. The van der Waals surface area contributed by atoms with Gasteiger partial charge in [0.1, 0.15) is 0 Å². The molecule has 10 heteroatoms. The van der Waals surface area contributed by atoms with Crippen molar-refractivity contribution in [2.75, 3.05) is 13.1 Å². The molecule has 2 aromatic rings. The summed E-state index contributed by atoms with van der Waals surface area (Å²) in [6.07, 6.45) is 1.03. The summed E-state index contributed by atoms with van der Waals surface area (Å²) in [6, 6.07) is 12.7. The third kappa shape index (κ3) is 6.43. The molecule has 0 atom stereocenters. The molecule has 0 saturated carbocycles. The number of halogens is 2. The lowest BCUT2D eigenvalue weighted by Crippen LogP contribution is -2.27. The third-order valence-corrected chi connectivity index (χ3v) is 7.45. The van der Waals surface area contributed by atoms with Crippen LogP contribution in [-0.4, -0.2) is 29.9 Å². The average Bonchev–Trinajstić information content (AvgIpc) is 2.58. The van der Waals surface area contributed by atoms with Gasteiger partial charge >= 0.3 is 0 Å². The molecule has 2 N–H and O–H groups in total. The predicted octanol–water partition coefficient (Wildman–Crippen LogP) is 3.25. The number of hydrogen-bond acceptors (Lipinski definition) is 4. The van der Waals surface area contributed by atoms with E-state index in [1.54, 1.807) is 24.3 Å². The van der Waals surface area contributed by atoms with E-state index in [1.807, 2.05) is 0 Å². The molecule has 0 fully saturated rings. The molecule has 2 aromatic carbocycles. The maximum atomic E-state index is 12.1. The SMILES string of the molecule is O=S(=O)(NCCCCNS(=O)(=O)c1ccc(Br)cc1)c1ccc(Br)cc1. The van der Waals surface area contributed by atoms with Gasteiger partial charge in [-0.05, 0) is 61.4 Å². The fourth-order valence-corrected chi connectivity index (χ4v) is 4.73. The van der Waals surface area contributed by atoms with E-state index in [0.717, 1.165) is 8.95 Å². The lowest BCUT2D eigenvalue weighted by Gasteiger charge is -2.08. The van der Waals surface area contributed by atoms with Crippen LogP contribution < -0.4 is 9.44 Å². The molecule has 0 aliphatic rings. The van der Waals surface area contributed by atoms with Gasteiger partial charge in [0.25, 0.3) is 0 Å². The van der Waals surface area contributed by atoms with Gasteiger partial charge in [0.15, 0.2) is 0 Å². The summed E-state index contributed by atoms with van der Waals surface area (Å²) in [6.45, 7) is 0.469. The van der Waals surface area contributed by atoms with Crippen LogP contribution in [0.1, 0.15) is 12.8 Å². The second-order valence-corrected chi connectivity index (χ2v) is 10.8. The molecule has 26 heavy (non-hydrogen) atoms. The minimum atomic E-state index is -3.55. The summed E-state index contributed by atoms with van der Waals surface area (Å²) >= 11 is 6.51. The van der Waals surface area contributed by atoms with Crippen LogP contribution in [0.4, 0.5) is 0 Å². The first kappa shape index (κ1) is 21.5. The third-order valence-electron chi connectivity index (χ3n) is 3.44. The highest BCUT2D eigenvalue weighted by Crippen LogP contribution is 2.15. The van der Waals surface area contributed by atoms with Crippen molar-refractivity contribution in [2.24, 2.45) is 0 Å². The normalized spacial score (nSPS) is 12.2. The van der Waals surface area contributed by atoms with Crippen LogP contribution in [0.25, 0.3) is 0 Å². The van der Waals surface area contributed by atoms with Crippen molar-refractivity contribution in [1.29, 1.82) is 0 Å². The number of benzene rings is 2. The van der Waals surface area contributed by atoms with Crippen LogP contribution in [0.5, 0.6) is 0 Å². The molecule has 0 aliphatic heterocycles. The largest absolute Gasteiger partial charge is 0.240 e. The molecular weight excluding hydrogens is 508 g/mol. The molecule has 0 radical (unpaired) electrons. The molecule has 0 amide bonds. The number of sulfonamides is 2. The van der Waals surface area contributed by atoms with E-state index in [0.29, 0.717) is 12.8 Å². The lowest BCUT2D eigenvalue weighted by atomic mass is 10.3. The highest BCUT2D eigenvalue weighted by molar-refractivity contribution is 9.10. The second-order valence-electron chi connectivity index (χ2n) is 5.41. The standard InChI is InChI=1S/C16H18Br2N2O4S2/c17-13-3-7-15(8-4-13)25(21,22)19-11-1-2-12-20-26(23,24)16-9-5-14(18)6-10-16/h3-10,19-20H,1-2,11-12H2. The van der Waals surface area contributed by atoms with E-state index < -0.39 is 20.0 Å². The quantitative estimate of drug-likeness (QED) is 0.491. The summed E-state index contributed by atoms with van der Waals surface area (Å²) in [5, 5.41) is 0. The maximum Gasteiger partial charge on any atom is 0.240 e. The zero-order chi connectivity index (χ0) is 19.2. The van der Waals surface area contributed by atoms with Crippen molar-refractivity contribution in [1.82, 2.24) is 9.44 Å². The second kappa shape index (κ2) is 9.43. The van der Waals surface area contributed by atoms with Gasteiger partial charge in [-0.15, -0.1) is 0 Å². The topological polar surface area (TPSA) is 92.3 Å². The van der Waals surface area contributed by atoms with Gasteiger partial charge in [-0.25, -0.2) is 26.3 Å². The molecule has 0 spiro atoms. The Bertz CT molecular complexity index is 850. The molecule has 0 aliphatic carbocycles. The summed E-state index contributed by atoms with van der Waals surface area (Å²) in [4.78, 5) is 0.383. The van der Waals surface area contributed by atoms with Crippen molar-refractivity contribution < 1.29 is 16.8 Å². The van der Waals surface area contributed by atoms with Crippen molar-refractivity contribution in [3.05, 3.63) is 57.5 Å². The minimum Gasteiger partial charge on any atom is -0.211 e. The molecule has 0 bridgehead atoms. The van der Waals surface area contributed by atoms with Crippen molar-refractivity contribution in [3.63, 3.8) is 0 Å². The van der Waals surface area contributed by atoms with Crippen LogP contribution in [-0.2, 0) is 20.0 Å². The van der Waals surface area contributed by atoms with Crippen molar-refractivity contribution >= 4 is 51.9 Å². The highest BCUT2D eigenvalue weighted by atomic mass is 79.9. The van der Waals surface area contributed by atoms with E-state index >= 15 is 0 Å². The Labute approximate surface area is 170 Å². The Morgan fingerprint density at radius 3 is 1.23 bits per heavy atom. The Hall–Kier alpha value is -0.780. The van der Waals surface area contributed by atoms with E-state index in [-0.39, 0.29) is 22.9 Å². The van der Waals surface area contributed by atoms with E-state index in [2.05, 4.69) is 41.3 Å². The van der Waals surface area contributed by atoms with Gasteiger partial charge in [-0.1, -0.05) is 31.9 Å². The molecule has 0 saturated heterocycles. The monoisotopic (exact) mass is 524 g/mol. The molecule has 0 unspecified atom stereocenters. The van der Waals surface area contributed by atoms with Gasteiger partial charge < -0.3 is 0 Å². The molecule has 142 valence electrons. The lowest BCUT2D eigenvalue weighted by molar-refractivity contribution is 0.567. The molecule has 0 heterocycles. The predicted molar refractivity (Wildman–Crippen MR) is 108 cm³/mol. The van der Waals surface area contributed by atoms with Crippen LogP contribution >= 0.6 is 31.9 Å². The maximum absolute atomic E-state index is 12.1. The molecule has 6 nitrogen and oxygen atoms in total. The van der Waals surface area contributed by atoms with Crippen molar-refractivity contribution in [2.45, 2.75) is 22.6 Å². The zero-order valence-electron chi connectivity index (χ0n) is 13.7. The highest BCUT2D eigenvalue weighted by Gasteiger charge is 2.14. The smallest absolute Gasteiger partial charge is 0.211 e. The first-order chi connectivity index (χ1) is 12.2. The summed E-state index contributed by atoms with van der Waals surface area (Å²) in [5.74, 6) is 0. The van der Waals surface area contributed by atoms with Crippen molar-refractivity contribution in [3.8, 4) is 0 Å². The summed E-state index contributed by atoms with van der Waals surface area (Å²) < 4.78 is 55.0. The number of hydrogen-bond donors (Lipinski definition) is 2. The van der Waals surface area contributed by atoms with Crippen LogP contribution in [0.15, 0.2) is 67.3 Å². The first-order valence-electron chi connectivity index (χ1n) is 7.71. The van der Waals surface area contributed by atoms with Gasteiger partial charge in [-0.2, -0.15) is 0 Å². The van der Waals surface area contributed by atoms with Gasteiger partial charge in [0.2, 0.25) is 20.0 Å². The average molecular weight is 526 g/mol. The number of rotatable bonds is 9. The van der Waals surface area contributed by atoms with Crippen LogP contribution in [0.2, 0.25) is 0 Å². The Morgan fingerprint density at radius 2 is 0.923 bits per heavy atom. The Morgan fingerprint density at radius 1 is 0.615 bits per heavy atom. The molecular formula is C16H18Br2N2O4S2. The molecule has 0 aromatic heterocycles. The fraction of sp³-hybridized carbons (Fsp3) is 0.250. The van der Waals surface area contributed by atoms with Gasteiger partial charge in [-0.3, -0.25) is 0 Å². The fourth-order valence-electron chi connectivity index (χ4n) is 2.06. The van der Waals surface area contributed by atoms with E-state index in [1.165, 1.54) is 24.3 Å². The summed E-state index contributed by atoms with van der Waals surface area (Å²) in [5.41, 5.74) is 0. The first-order valence-corrected chi connectivity index (χ1v) is 12.3. The van der Waals surface area contributed by atoms with Crippen LogP contribution in [0.3, 0.4) is 0 Å². The zero-order valence-corrected chi connectivity index (χ0v) is 18.5. The Balaban J connectivity index is 1.75.